The Kier molecular flexibility index (Phi) is 12.5. The molecule has 2 aliphatic heterocycles. The Morgan fingerprint density at radius 2 is 1.15 bits per heavy atom. The highest BCUT2D eigenvalue weighted by Crippen LogP contribution is 2.42. The van der Waals surface area contributed by atoms with E-state index in [9.17, 15) is 15.3 Å². The summed E-state index contributed by atoms with van der Waals surface area (Å²) in [4.78, 5) is 3.93. The molecular formula is C41H45BrN2O9. The molecule has 12 heteroatoms. The fourth-order valence-corrected chi connectivity index (χ4v) is 7.83. The van der Waals surface area contributed by atoms with Gasteiger partial charge in [-0.15, -0.1) is 0 Å². The minimum absolute atomic E-state index is 0.0796. The maximum absolute atomic E-state index is 11.2. The predicted octanol–water partition coefficient (Wildman–Crippen LogP) is 4.26. The molecule has 3 aliphatic rings. The number of fused-ring (bicyclic) bond motifs is 1. The fraction of sp³-hybridized carbons (Fsp3) is 0.390. The maximum Gasteiger partial charge on any atom is 0.287 e. The number of rotatable bonds is 15. The summed E-state index contributed by atoms with van der Waals surface area (Å²) in [5.41, 5.74) is 2.04. The molecule has 1 aliphatic carbocycles. The number of aliphatic hydroxyl groups excluding tert-OH is 2. The van der Waals surface area contributed by atoms with E-state index in [2.05, 4.69) is 26.2 Å². The zero-order chi connectivity index (χ0) is 36.6. The quantitative estimate of drug-likeness (QED) is 0.129. The Balaban J connectivity index is 1.21. The summed E-state index contributed by atoms with van der Waals surface area (Å²) in [7, 11) is 0. The first-order chi connectivity index (χ1) is 25.9. The molecule has 0 amide bonds. The largest absolute Gasteiger partial charge is 0.458 e. The number of amidine groups is 1. The van der Waals surface area contributed by atoms with Crippen LogP contribution in [0.4, 0.5) is 0 Å². The van der Waals surface area contributed by atoms with Crippen LogP contribution in [0.1, 0.15) is 22.3 Å². The van der Waals surface area contributed by atoms with Crippen LogP contribution in [0.3, 0.4) is 0 Å². The molecular weight excluding hydrogens is 744 g/mol. The third kappa shape index (κ3) is 8.83. The molecule has 0 bridgehead atoms. The van der Waals surface area contributed by atoms with Gasteiger partial charge in [0.2, 0.25) is 0 Å². The first-order valence-electron chi connectivity index (χ1n) is 17.8. The topological polar surface area (TPSA) is 140 Å². The maximum atomic E-state index is 11.2. The van der Waals surface area contributed by atoms with Crippen LogP contribution in [0.15, 0.2) is 126 Å². The molecule has 4 aromatic rings. The molecule has 0 spiro atoms. The number of hydrogen-bond acceptors (Lipinski definition) is 11. The Bertz CT molecular complexity index is 1740. The number of aliphatic imine (C=N–C) groups is 1. The Morgan fingerprint density at radius 1 is 0.679 bits per heavy atom. The molecule has 0 unspecified atom stereocenters. The highest BCUT2D eigenvalue weighted by molar-refractivity contribution is 9.09. The molecule has 10 atom stereocenters. The number of nitrogens with one attached hydrogen (secondary N) is 1. The Labute approximate surface area is 317 Å². The molecule has 2 fully saturated rings. The van der Waals surface area contributed by atoms with Crippen LogP contribution < -0.4 is 5.32 Å². The minimum Gasteiger partial charge on any atom is -0.458 e. The van der Waals surface area contributed by atoms with E-state index in [1.807, 2.05) is 121 Å². The van der Waals surface area contributed by atoms with Gasteiger partial charge in [0, 0.05) is 0 Å². The number of alkyl halides is 1. The smallest absolute Gasteiger partial charge is 0.287 e. The van der Waals surface area contributed by atoms with E-state index in [-0.39, 0.29) is 25.8 Å². The van der Waals surface area contributed by atoms with Gasteiger partial charge in [-0.3, -0.25) is 0 Å². The van der Waals surface area contributed by atoms with E-state index in [0.717, 1.165) is 22.3 Å². The lowest BCUT2D eigenvalue weighted by atomic mass is 9.96. The van der Waals surface area contributed by atoms with E-state index in [4.69, 9.17) is 28.4 Å². The average molecular weight is 790 g/mol. The van der Waals surface area contributed by atoms with Crippen LogP contribution in [-0.2, 0) is 54.8 Å². The van der Waals surface area contributed by atoms with Gasteiger partial charge < -0.3 is 49.1 Å². The normalized spacial score (nSPS) is 30.7. The van der Waals surface area contributed by atoms with Crippen LogP contribution in [-0.4, -0.2) is 93.9 Å². The Hall–Kier alpha value is -3.69. The van der Waals surface area contributed by atoms with Gasteiger partial charge in [0.1, 0.15) is 48.3 Å². The molecule has 4 N–H and O–H groups in total. The second-order valence-electron chi connectivity index (χ2n) is 13.5. The van der Waals surface area contributed by atoms with Crippen molar-refractivity contribution in [1.82, 2.24) is 5.32 Å². The standard InChI is InChI=1S/C41H45BrN2O9/c42-32-34-37(41(47,26-45)38(32)46)43-40(53-34)44-39-36(51-24-30-19-11-4-12-20-30)35(50-23-29-17-9-3-10-18-29)33(49-22-28-15-7-2-8-16-28)31(52-39)25-48-21-27-13-5-1-6-14-27/h1-20,31-39,45-47H,21-26H2,(H,43,44)/t31-,32-,33-,34-,35+,36-,37-,38+,39+,41+/m1/s1. The first-order valence-corrected chi connectivity index (χ1v) is 18.7. The number of halogens is 1. The van der Waals surface area contributed by atoms with Gasteiger partial charge >= 0.3 is 0 Å². The van der Waals surface area contributed by atoms with Crippen molar-refractivity contribution in [1.29, 1.82) is 0 Å². The summed E-state index contributed by atoms with van der Waals surface area (Å²) in [5, 5.41) is 35.2. The van der Waals surface area contributed by atoms with Gasteiger partial charge in [-0.1, -0.05) is 137 Å². The van der Waals surface area contributed by atoms with E-state index in [1.54, 1.807) is 0 Å². The summed E-state index contributed by atoms with van der Waals surface area (Å²) < 4.78 is 39.5. The van der Waals surface area contributed by atoms with Crippen LogP contribution >= 0.6 is 15.9 Å². The summed E-state index contributed by atoms with van der Waals surface area (Å²) >= 11 is 3.44. The van der Waals surface area contributed by atoms with Crippen molar-refractivity contribution in [2.75, 3.05) is 13.2 Å². The molecule has 11 nitrogen and oxygen atoms in total. The van der Waals surface area contributed by atoms with E-state index < -0.39 is 65.9 Å². The number of aliphatic hydroxyl groups is 3. The molecule has 1 saturated carbocycles. The molecule has 1 saturated heterocycles. The number of hydrogen-bond donors (Lipinski definition) is 4. The highest BCUT2D eigenvalue weighted by Gasteiger charge is 2.63. The zero-order valence-electron chi connectivity index (χ0n) is 29.1. The zero-order valence-corrected chi connectivity index (χ0v) is 30.7. The van der Waals surface area contributed by atoms with Crippen molar-refractivity contribution in [3.63, 3.8) is 0 Å². The molecule has 280 valence electrons. The van der Waals surface area contributed by atoms with Crippen molar-refractivity contribution in [2.24, 2.45) is 4.99 Å². The van der Waals surface area contributed by atoms with E-state index in [0.29, 0.717) is 13.2 Å². The molecule has 2 heterocycles. The highest BCUT2D eigenvalue weighted by atomic mass is 79.9. The predicted molar refractivity (Wildman–Crippen MR) is 200 cm³/mol. The molecule has 4 aromatic carbocycles. The number of nitrogens with zero attached hydrogens (tertiary/aromatic N) is 1. The fourth-order valence-electron chi connectivity index (χ4n) is 6.97. The summed E-state index contributed by atoms with van der Waals surface area (Å²) in [6.45, 7) is 0.657. The van der Waals surface area contributed by atoms with E-state index >= 15 is 0 Å². The SMILES string of the molecule is OC[C@]1(O)[C@@H]2N=C(N[C@H]3O[C@H](COCc4ccccc4)[C@@H](OCc4ccccc4)[C@H](OCc4ccccc4)[C@H]3OCc3ccccc3)O[C@@H]2[C@@H](Br)[C@@H]1O. The van der Waals surface area contributed by atoms with Crippen LogP contribution in [0.5, 0.6) is 0 Å². The second kappa shape index (κ2) is 17.6. The monoisotopic (exact) mass is 788 g/mol. The van der Waals surface area contributed by atoms with Gasteiger partial charge in [0.15, 0.2) is 6.23 Å². The molecule has 0 radical (unpaired) electrons. The lowest BCUT2D eigenvalue weighted by molar-refractivity contribution is -0.275. The lowest BCUT2D eigenvalue weighted by Crippen LogP contribution is -2.65. The molecule has 7 rings (SSSR count). The van der Waals surface area contributed by atoms with Crippen molar-refractivity contribution in [3.05, 3.63) is 144 Å². The third-order valence-electron chi connectivity index (χ3n) is 9.86. The second-order valence-corrected chi connectivity index (χ2v) is 14.6. The van der Waals surface area contributed by atoms with Crippen molar-refractivity contribution >= 4 is 22.0 Å². The summed E-state index contributed by atoms with van der Waals surface area (Å²) in [6, 6.07) is 38.7. The van der Waals surface area contributed by atoms with Gasteiger partial charge in [0.25, 0.3) is 6.02 Å². The summed E-state index contributed by atoms with van der Waals surface area (Å²) in [6.07, 6.45) is -5.64. The third-order valence-corrected chi connectivity index (χ3v) is 10.9. The van der Waals surface area contributed by atoms with Gasteiger partial charge in [-0.2, -0.15) is 0 Å². The minimum atomic E-state index is -1.90. The van der Waals surface area contributed by atoms with Crippen molar-refractivity contribution in [2.45, 2.75) is 85.7 Å². The Morgan fingerprint density at radius 3 is 1.66 bits per heavy atom. The average Bonchev–Trinajstić information content (AvgIpc) is 3.70. The van der Waals surface area contributed by atoms with E-state index in [1.165, 1.54) is 0 Å². The van der Waals surface area contributed by atoms with Crippen LogP contribution in [0.2, 0.25) is 0 Å². The van der Waals surface area contributed by atoms with Gasteiger partial charge in [0.05, 0.1) is 44.5 Å². The number of benzene rings is 4. The molecule has 0 aromatic heterocycles. The lowest BCUT2D eigenvalue weighted by Gasteiger charge is -2.46. The van der Waals surface area contributed by atoms with Gasteiger partial charge in [-0.05, 0) is 22.3 Å². The van der Waals surface area contributed by atoms with Crippen LogP contribution in [0, 0.1) is 0 Å². The first kappa shape index (κ1) is 37.6. The van der Waals surface area contributed by atoms with Crippen molar-refractivity contribution < 1.29 is 43.7 Å². The van der Waals surface area contributed by atoms with Gasteiger partial charge in [-0.25, -0.2) is 4.99 Å². The molecule has 53 heavy (non-hydrogen) atoms. The number of ether oxygens (including phenoxy) is 6. The van der Waals surface area contributed by atoms with Crippen LogP contribution in [0.25, 0.3) is 0 Å². The van der Waals surface area contributed by atoms with Crippen molar-refractivity contribution in [3.8, 4) is 0 Å². The summed E-state index contributed by atoms with van der Waals surface area (Å²) in [5.74, 6) is 0.